The van der Waals surface area contributed by atoms with Crippen molar-refractivity contribution in [3.05, 3.63) is 79.0 Å². The van der Waals surface area contributed by atoms with Crippen molar-refractivity contribution in [2.45, 2.75) is 30.4 Å². The second-order valence-electron chi connectivity index (χ2n) is 8.06. The van der Waals surface area contributed by atoms with Gasteiger partial charge in [-0.2, -0.15) is 0 Å². The highest BCUT2D eigenvalue weighted by Crippen LogP contribution is 2.53. The molecule has 0 aliphatic heterocycles. The van der Waals surface area contributed by atoms with E-state index in [0.717, 1.165) is 51.3 Å². The van der Waals surface area contributed by atoms with E-state index in [0.29, 0.717) is 17.1 Å². The van der Waals surface area contributed by atoms with Crippen LogP contribution in [0.5, 0.6) is 0 Å². The average molecular weight is 436 g/mol. The van der Waals surface area contributed by atoms with Crippen molar-refractivity contribution in [3.63, 3.8) is 0 Å². The van der Waals surface area contributed by atoms with Gasteiger partial charge in [0.15, 0.2) is 0 Å². The molecule has 2 aromatic rings. The van der Waals surface area contributed by atoms with E-state index in [2.05, 4.69) is 49.3 Å². The molecule has 31 heavy (non-hydrogen) atoms. The summed E-state index contributed by atoms with van der Waals surface area (Å²) in [6.07, 6.45) is 7.30. The lowest BCUT2D eigenvalue weighted by atomic mass is 10.1. The highest BCUT2D eigenvalue weighted by atomic mass is 32.2. The number of nitrogens with zero attached hydrogens (tertiary/aromatic N) is 2. The van der Waals surface area contributed by atoms with Crippen LogP contribution in [0.1, 0.15) is 25.8 Å². The molecule has 1 saturated carbocycles. The molecule has 6 heteroatoms. The van der Waals surface area contributed by atoms with Crippen molar-refractivity contribution in [3.8, 4) is 0 Å². The third kappa shape index (κ3) is 5.73. The van der Waals surface area contributed by atoms with E-state index in [1.165, 1.54) is 0 Å². The van der Waals surface area contributed by atoms with E-state index in [-0.39, 0.29) is 0 Å². The number of anilines is 3. The Morgan fingerprint density at radius 1 is 1.13 bits per heavy atom. The lowest BCUT2D eigenvalue weighted by Crippen LogP contribution is -2.37. The van der Waals surface area contributed by atoms with Crippen LogP contribution in [0.15, 0.2) is 78.4 Å². The Morgan fingerprint density at radius 3 is 2.42 bits per heavy atom. The standard InChI is InChI=1S/C25H33N5S/c1-5-6-15-29(17(2)3)21-12-14-23(26)24(16-21)31-25-18(4)22(25)13-9-19-7-10-20(11-8-19)30(27)28/h5,7-14,16,18,22,25H,1-2,6,15,26-28H2,3-4H3. The third-order valence-electron chi connectivity index (χ3n) is 5.66. The highest BCUT2D eigenvalue weighted by molar-refractivity contribution is 8.00. The molecule has 0 spiro atoms. The molecule has 0 bridgehead atoms. The van der Waals surface area contributed by atoms with Crippen LogP contribution < -0.4 is 27.4 Å². The zero-order valence-electron chi connectivity index (χ0n) is 18.4. The third-order valence-corrected chi connectivity index (χ3v) is 7.28. The Bertz CT molecular complexity index is 951. The summed E-state index contributed by atoms with van der Waals surface area (Å²) in [7, 11) is 0. The molecule has 0 heterocycles. The first-order valence-electron chi connectivity index (χ1n) is 10.5. The lowest BCUT2D eigenvalue weighted by Gasteiger charge is -2.25. The number of nitrogen functional groups attached to an aromatic ring is 1. The monoisotopic (exact) mass is 435 g/mol. The maximum atomic E-state index is 6.32. The van der Waals surface area contributed by atoms with Gasteiger partial charge < -0.3 is 10.6 Å². The molecular formula is C25H33N5S. The Morgan fingerprint density at radius 2 is 1.81 bits per heavy atom. The lowest BCUT2D eigenvalue weighted by molar-refractivity contribution is 0.893. The summed E-state index contributed by atoms with van der Waals surface area (Å²) < 4.78 is 0. The number of benzene rings is 2. The molecule has 1 aliphatic carbocycles. The molecule has 6 N–H and O–H groups in total. The van der Waals surface area contributed by atoms with Crippen LogP contribution in [0, 0.1) is 11.8 Å². The molecule has 0 aromatic heterocycles. The minimum Gasteiger partial charge on any atom is -0.398 e. The maximum Gasteiger partial charge on any atom is 0.0697 e. The largest absolute Gasteiger partial charge is 0.398 e. The first-order chi connectivity index (χ1) is 14.8. The fourth-order valence-corrected chi connectivity index (χ4v) is 5.09. The SMILES string of the molecule is C=CCCN(C(=C)C)c1ccc(N)c(SC2C(C)C2C=Cc2ccc(N(N)N)cc2)c1. The Hall–Kier alpha value is -2.67. The number of thioether (sulfide) groups is 1. The molecule has 5 nitrogen and oxygen atoms in total. The topological polar surface area (TPSA) is 84.5 Å². The molecule has 2 aromatic carbocycles. The van der Waals surface area contributed by atoms with Crippen molar-refractivity contribution in [1.82, 2.24) is 0 Å². The van der Waals surface area contributed by atoms with Crippen molar-refractivity contribution < 1.29 is 0 Å². The summed E-state index contributed by atoms with van der Waals surface area (Å²) in [4.78, 5) is 3.34. The second-order valence-corrected chi connectivity index (χ2v) is 9.28. The summed E-state index contributed by atoms with van der Waals surface area (Å²) in [6, 6.07) is 14.1. The van der Waals surface area contributed by atoms with Gasteiger partial charge in [0.25, 0.3) is 0 Å². The quantitative estimate of drug-likeness (QED) is 0.206. The minimum atomic E-state index is 0.517. The smallest absolute Gasteiger partial charge is 0.0697 e. The molecule has 3 unspecified atom stereocenters. The summed E-state index contributed by atoms with van der Waals surface area (Å²) >= 11 is 1.87. The molecule has 3 rings (SSSR count). The fraction of sp³-hybridized carbons (Fsp3) is 0.280. The number of allylic oxidation sites excluding steroid dienone is 2. The van der Waals surface area contributed by atoms with E-state index in [1.807, 2.05) is 55.1 Å². The van der Waals surface area contributed by atoms with Gasteiger partial charge in [-0.05, 0) is 61.1 Å². The van der Waals surface area contributed by atoms with E-state index >= 15 is 0 Å². The van der Waals surface area contributed by atoms with E-state index in [1.54, 1.807) is 0 Å². The van der Waals surface area contributed by atoms with Gasteiger partial charge in [0.05, 0.1) is 5.69 Å². The Balaban J connectivity index is 1.68. The second kappa shape index (κ2) is 10.1. The van der Waals surface area contributed by atoms with E-state index in [9.17, 15) is 0 Å². The Labute approximate surface area is 190 Å². The number of hydrazine groups is 2. The van der Waals surface area contributed by atoms with Gasteiger partial charge in [-0.1, -0.05) is 43.9 Å². The van der Waals surface area contributed by atoms with Gasteiger partial charge in [-0.15, -0.1) is 18.3 Å². The Kier molecular flexibility index (Phi) is 7.49. The van der Waals surface area contributed by atoms with Crippen LogP contribution >= 0.6 is 11.8 Å². The summed E-state index contributed by atoms with van der Waals surface area (Å²) in [5, 5.41) is 1.64. The first-order valence-corrected chi connectivity index (χ1v) is 11.4. The summed E-state index contributed by atoms with van der Waals surface area (Å²) in [5.41, 5.74) is 11.2. The summed E-state index contributed by atoms with van der Waals surface area (Å²) in [5.74, 6) is 12.2. The number of rotatable bonds is 10. The molecule has 0 saturated heterocycles. The normalized spacial score (nSPS) is 19.9. The van der Waals surface area contributed by atoms with E-state index < -0.39 is 0 Å². The van der Waals surface area contributed by atoms with Gasteiger partial charge in [0, 0.05) is 33.8 Å². The van der Waals surface area contributed by atoms with Crippen LogP contribution in [-0.2, 0) is 0 Å². The molecular weight excluding hydrogens is 402 g/mol. The van der Waals surface area contributed by atoms with Gasteiger partial charge in [-0.3, -0.25) is 0 Å². The van der Waals surface area contributed by atoms with Gasteiger partial charge >= 0.3 is 0 Å². The minimum absolute atomic E-state index is 0.517. The molecule has 3 atom stereocenters. The fourth-order valence-electron chi connectivity index (χ4n) is 3.61. The molecule has 1 fully saturated rings. The van der Waals surface area contributed by atoms with Gasteiger partial charge in [-0.25, -0.2) is 16.8 Å². The van der Waals surface area contributed by atoms with Crippen LogP contribution in [0.25, 0.3) is 6.08 Å². The number of nitrogens with two attached hydrogens (primary N) is 3. The highest BCUT2D eigenvalue weighted by Gasteiger charge is 2.45. The first kappa shape index (κ1) is 23.0. The average Bonchev–Trinajstić information content (AvgIpc) is 3.36. The van der Waals surface area contributed by atoms with E-state index in [4.69, 9.17) is 17.4 Å². The van der Waals surface area contributed by atoms with Gasteiger partial charge in [0.2, 0.25) is 0 Å². The van der Waals surface area contributed by atoms with Gasteiger partial charge in [0.1, 0.15) is 0 Å². The van der Waals surface area contributed by atoms with Crippen molar-refractivity contribution >= 4 is 34.9 Å². The van der Waals surface area contributed by atoms with Crippen LogP contribution in [0.2, 0.25) is 0 Å². The number of hydrogen-bond acceptors (Lipinski definition) is 6. The van der Waals surface area contributed by atoms with Crippen LogP contribution in [0.4, 0.5) is 17.1 Å². The van der Waals surface area contributed by atoms with Crippen molar-refractivity contribution in [2.24, 2.45) is 23.5 Å². The predicted molar refractivity (Wildman–Crippen MR) is 136 cm³/mol. The van der Waals surface area contributed by atoms with Crippen molar-refractivity contribution in [2.75, 3.05) is 22.3 Å². The zero-order valence-corrected chi connectivity index (χ0v) is 19.2. The molecule has 0 radical (unpaired) electrons. The van der Waals surface area contributed by atoms with Crippen LogP contribution in [0.3, 0.4) is 0 Å². The zero-order chi connectivity index (χ0) is 22.5. The predicted octanol–water partition coefficient (Wildman–Crippen LogP) is 5.18. The molecule has 164 valence electrons. The summed E-state index contributed by atoms with van der Waals surface area (Å²) in [6.45, 7) is 13.1. The van der Waals surface area contributed by atoms with Crippen LogP contribution in [-0.4, -0.2) is 11.8 Å². The van der Waals surface area contributed by atoms with Crippen molar-refractivity contribution in [1.29, 1.82) is 0 Å². The molecule has 0 amide bonds. The number of hydrogen-bond donors (Lipinski definition) is 3. The maximum absolute atomic E-state index is 6.32. The molecule has 1 aliphatic rings.